The van der Waals surface area contributed by atoms with Crippen LogP contribution >= 0.6 is 0 Å². The predicted octanol–water partition coefficient (Wildman–Crippen LogP) is 2.15. The molecule has 0 saturated heterocycles. The second-order valence-electron chi connectivity index (χ2n) is 5.38. The predicted molar refractivity (Wildman–Crippen MR) is 89.5 cm³/mol. The SMILES string of the molecule is O=C(O)c1cc(O)cc(C(=O)Nc2cccc(-c3cnn(O)c3)c2)c1O. The molecule has 0 bridgehead atoms. The zero-order chi connectivity index (χ0) is 18.8. The topological polar surface area (TPSA) is 145 Å². The molecule has 0 aliphatic heterocycles. The molecule has 0 atom stereocenters. The van der Waals surface area contributed by atoms with Crippen LogP contribution in [-0.2, 0) is 0 Å². The van der Waals surface area contributed by atoms with E-state index >= 15 is 0 Å². The highest BCUT2D eigenvalue weighted by molar-refractivity contribution is 6.09. The lowest BCUT2D eigenvalue weighted by molar-refractivity contribution is 0.0693. The molecular formula is C17H13N3O6. The van der Waals surface area contributed by atoms with Crippen molar-refractivity contribution in [2.45, 2.75) is 0 Å². The number of rotatable bonds is 4. The van der Waals surface area contributed by atoms with Crippen LogP contribution in [0.1, 0.15) is 20.7 Å². The summed E-state index contributed by atoms with van der Waals surface area (Å²) in [5, 5.41) is 44.0. The Balaban J connectivity index is 1.90. The summed E-state index contributed by atoms with van der Waals surface area (Å²) in [6, 6.07) is 8.40. The first-order valence-electron chi connectivity index (χ1n) is 7.30. The van der Waals surface area contributed by atoms with Crippen LogP contribution in [0.15, 0.2) is 48.8 Å². The van der Waals surface area contributed by atoms with Crippen LogP contribution in [-0.4, -0.2) is 42.3 Å². The van der Waals surface area contributed by atoms with Gasteiger partial charge in [-0.2, -0.15) is 0 Å². The van der Waals surface area contributed by atoms with Crippen LogP contribution in [0.5, 0.6) is 11.5 Å². The van der Waals surface area contributed by atoms with Gasteiger partial charge in [-0.1, -0.05) is 12.1 Å². The molecule has 9 nitrogen and oxygen atoms in total. The number of nitrogens with one attached hydrogen (secondary N) is 1. The fourth-order valence-electron chi connectivity index (χ4n) is 2.39. The first-order chi connectivity index (χ1) is 12.3. The number of phenolic OH excluding ortho intramolecular Hbond substituents is 1. The Morgan fingerprint density at radius 3 is 2.42 bits per heavy atom. The molecule has 0 unspecified atom stereocenters. The van der Waals surface area contributed by atoms with E-state index in [4.69, 9.17) is 5.11 Å². The molecule has 0 fully saturated rings. The number of carboxylic acids is 1. The summed E-state index contributed by atoms with van der Waals surface area (Å²) in [6.45, 7) is 0. The number of aromatic hydroxyl groups is 2. The molecule has 9 heteroatoms. The van der Waals surface area contributed by atoms with E-state index in [1.165, 1.54) is 12.4 Å². The van der Waals surface area contributed by atoms with Crippen molar-refractivity contribution in [3.8, 4) is 22.6 Å². The van der Waals surface area contributed by atoms with Crippen LogP contribution in [0.4, 0.5) is 5.69 Å². The minimum absolute atomic E-state index is 0.359. The summed E-state index contributed by atoms with van der Waals surface area (Å²) in [4.78, 5) is 24.1. The van der Waals surface area contributed by atoms with Crippen LogP contribution in [0.3, 0.4) is 0 Å². The van der Waals surface area contributed by atoms with E-state index in [2.05, 4.69) is 10.4 Å². The molecular weight excluding hydrogens is 342 g/mol. The monoisotopic (exact) mass is 355 g/mol. The number of carbonyl (C=O) groups excluding carboxylic acids is 1. The van der Waals surface area contributed by atoms with Crippen molar-refractivity contribution in [3.63, 3.8) is 0 Å². The minimum atomic E-state index is -1.48. The zero-order valence-electron chi connectivity index (χ0n) is 13.1. The number of hydrogen-bond acceptors (Lipinski definition) is 6. The Bertz CT molecular complexity index is 1010. The van der Waals surface area contributed by atoms with Crippen LogP contribution in [0.25, 0.3) is 11.1 Å². The molecule has 2 aromatic carbocycles. The van der Waals surface area contributed by atoms with E-state index in [-0.39, 0.29) is 5.56 Å². The van der Waals surface area contributed by atoms with Gasteiger partial charge in [0.05, 0.1) is 18.0 Å². The second-order valence-corrected chi connectivity index (χ2v) is 5.38. The van der Waals surface area contributed by atoms with Gasteiger partial charge in [0.25, 0.3) is 5.91 Å². The number of anilines is 1. The molecule has 0 aliphatic carbocycles. The summed E-state index contributed by atoms with van der Waals surface area (Å²) in [7, 11) is 0. The van der Waals surface area contributed by atoms with Crippen molar-refractivity contribution in [2.75, 3.05) is 5.32 Å². The normalized spacial score (nSPS) is 10.5. The summed E-state index contributed by atoms with van der Waals surface area (Å²) in [5.74, 6) is -3.48. The molecule has 0 saturated carbocycles. The molecule has 1 heterocycles. The number of amides is 1. The first-order valence-corrected chi connectivity index (χ1v) is 7.30. The van der Waals surface area contributed by atoms with E-state index in [1.54, 1.807) is 24.3 Å². The highest BCUT2D eigenvalue weighted by atomic mass is 16.5. The van der Waals surface area contributed by atoms with Gasteiger partial charge in [0.15, 0.2) is 0 Å². The minimum Gasteiger partial charge on any atom is -0.508 e. The number of carbonyl (C=O) groups is 2. The highest BCUT2D eigenvalue weighted by Crippen LogP contribution is 2.29. The number of benzene rings is 2. The van der Waals surface area contributed by atoms with Gasteiger partial charge >= 0.3 is 5.97 Å². The van der Waals surface area contributed by atoms with Gasteiger partial charge in [-0.15, -0.1) is 9.94 Å². The van der Waals surface area contributed by atoms with Gasteiger partial charge in [-0.05, 0) is 29.8 Å². The summed E-state index contributed by atoms with van der Waals surface area (Å²) >= 11 is 0. The Morgan fingerprint density at radius 2 is 1.77 bits per heavy atom. The third-order valence-electron chi connectivity index (χ3n) is 3.59. The van der Waals surface area contributed by atoms with Crippen LogP contribution < -0.4 is 5.32 Å². The molecule has 5 N–H and O–H groups in total. The lowest BCUT2D eigenvalue weighted by Gasteiger charge is -2.10. The molecule has 0 aliphatic rings. The van der Waals surface area contributed by atoms with Crippen molar-refractivity contribution < 1.29 is 30.1 Å². The Morgan fingerprint density at radius 1 is 1.04 bits per heavy atom. The van der Waals surface area contributed by atoms with E-state index in [0.717, 1.165) is 12.1 Å². The molecule has 26 heavy (non-hydrogen) atoms. The second kappa shape index (κ2) is 6.48. The summed E-state index contributed by atoms with van der Waals surface area (Å²) in [6.07, 6.45) is 2.81. The molecule has 1 aromatic heterocycles. The Kier molecular flexibility index (Phi) is 4.19. The summed E-state index contributed by atoms with van der Waals surface area (Å²) < 4.78 is 0. The summed E-state index contributed by atoms with van der Waals surface area (Å²) in [5.41, 5.74) is 0.666. The Labute approximate surface area is 146 Å². The number of aromatic carboxylic acids is 1. The average molecular weight is 355 g/mol. The first kappa shape index (κ1) is 16.8. The van der Waals surface area contributed by atoms with E-state index in [9.17, 15) is 25.0 Å². The number of nitrogens with zero attached hydrogens (tertiary/aromatic N) is 2. The van der Waals surface area contributed by atoms with E-state index < -0.39 is 28.9 Å². The van der Waals surface area contributed by atoms with Gasteiger partial charge in [-0.25, -0.2) is 4.79 Å². The fraction of sp³-hybridized carbons (Fsp3) is 0. The maximum atomic E-state index is 12.4. The lowest BCUT2D eigenvalue weighted by atomic mass is 10.1. The van der Waals surface area contributed by atoms with E-state index in [0.29, 0.717) is 21.7 Å². The Hall–Kier alpha value is -4.01. The van der Waals surface area contributed by atoms with Crippen molar-refractivity contribution in [1.82, 2.24) is 9.94 Å². The maximum absolute atomic E-state index is 12.4. The third-order valence-corrected chi connectivity index (χ3v) is 3.59. The number of phenols is 2. The standard InChI is InChI=1S/C17H13N3O6/c21-12-5-13(15(22)14(6-12)17(24)25)16(23)19-11-3-1-2-9(4-11)10-7-18-20(26)8-10/h1-8,21-22,26H,(H,19,23)(H,24,25). The largest absolute Gasteiger partial charge is 0.508 e. The lowest BCUT2D eigenvalue weighted by Crippen LogP contribution is -2.13. The molecule has 132 valence electrons. The zero-order valence-corrected chi connectivity index (χ0v) is 13.1. The maximum Gasteiger partial charge on any atom is 0.339 e. The van der Waals surface area contributed by atoms with Gasteiger partial charge in [-0.3, -0.25) is 4.79 Å². The van der Waals surface area contributed by atoms with Gasteiger partial charge in [0.1, 0.15) is 17.1 Å². The number of hydrogen-bond donors (Lipinski definition) is 5. The molecule has 0 radical (unpaired) electrons. The molecule has 1 amide bonds. The van der Waals surface area contributed by atoms with Crippen LogP contribution in [0.2, 0.25) is 0 Å². The van der Waals surface area contributed by atoms with E-state index in [1.807, 2.05) is 0 Å². The van der Waals surface area contributed by atoms with Crippen LogP contribution in [0, 0.1) is 0 Å². The molecule has 3 rings (SSSR count). The van der Waals surface area contributed by atoms with Crippen molar-refractivity contribution in [2.24, 2.45) is 0 Å². The van der Waals surface area contributed by atoms with Crippen molar-refractivity contribution in [3.05, 3.63) is 59.9 Å². The number of carboxylic acid groups (broad SMARTS) is 1. The molecule has 3 aromatic rings. The quantitative estimate of drug-likeness (QED) is 0.356. The number of aromatic nitrogens is 2. The highest BCUT2D eigenvalue weighted by Gasteiger charge is 2.20. The van der Waals surface area contributed by atoms with Crippen molar-refractivity contribution in [1.29, 1.82) is 0 Å². The average Bonchev–Trinajstić information content (AvgIpc) is 3.03. The van der Waals surface area contributed by atoms with Crippen molar-refractivity contribution >= 4 is 17.6 Å². The smallest absolute Gasteiger partial charge is 0.339 e. The fourth-order valence-corrected chi connectivity index (χ4v) is 2.39. The van der Waals surface area contributed by atoms with Gasteiger partial charge < -0.3 is 25.8 Å². The van der Waals surface area contributed by atoms with Gasteiger partial charge in [0, 0.05) is 11.3 Å². The van der Waals surface area contributed by atoms with Gasteiger partial charge in [0.2, 0.25) is 0 Å². The molecule has 0 spiro atoms. The third kappa shape index (κ3) is 3.26.